The number of rotatable bonds is 2. The molecule has 1 heterocycles. The minimum atomic E-state index is -0.709. The molecule has 82 valence electrons. The van der Waals surface area contributed by atoms with Gasteiger partial charge in [-0.1, -0.05) is 19.3 Å². The van der Waals surface area contributed by atoms with Crippen molar-refractivity contribution in [1.29, 1.82) is 0 Å². The minimum Gasteiger partial charge on any atom is -0.319 e. The van der Waals surface area contributed by atoms with Gasteiger partial charge in [0.05, 0.1) is 5.54 Å². The number of aromatic nitrogens is 3. The van der Waals surface area contributed by atoms with Gasteiger partial charge in [-0.25, -0.2) is 0 Å². The number of nitrogens with zero attached hydrogens (tertiary/aromatic N) is 3. The van der Waals surface area contributed by atoms with Gasteiger partial charge in [-0.15, -0.1) is 10.2 Å². The summed E-state index contributed by atoms with van der Waals surface area (Å²) in [5.74, 6) is 0.307. The molecule has 2 rings (SSSR count). The van der Waals surface area contributed by atoms with Crippen LogP contribution in [0.15, 0.2) is 6.33 Å². The van der Waals surface area contributed by atoms with Crippen LogP contribution in [0.1, 0.15) is 42.7 Å². The smallest absolute Gasteiger partial charge is 0.219 e. The van der Waals surface area contributed by atoms with E-state index in [0.29, 0.717) is 5.82 Å². The fourth-order valence-electron chi connectivity index (χ4n) is 2.12. The lowest BCUT2D eigenvalue weighted by molar-refractivity contribution is 0.0833. The second-order valence-corrected chi connectivity index (χ2v) is 4.31. The molecular weight excluding hydrogens is 192 g/mol. The first-order valence-corrected chi connectivity index (χ1v) is 5.31. The number of hydrogen-bond acceptors (Lipinski definition) is 4. The fraction of sp³-hybridized carbons (Fsp3) is 0.700. The second kappa shape index (κ2) is 3.73. The van der Waals surface area contributed by atoms with Gasteiger partial charge in [-0.3, -0.25) is 4.79 Å². The van der Waals surface area contributed by atoms with E-state index in [1.165, 1.54) is 12.7 Å². The second-order valence-electron chi connectivity index (χ2n) is 4.31. The Morgan fingerprint density at radius 2 is 2.13 bits per heavy atom. The molecule has 1 aliphatic carbocycles. The average Bonchev–Trinajstić information content (AvgIpc) is 2.64. The summed E-state index contributed by atoms with van der Waals surface area (Å²) in [7, 11) is 1.76. The Morgan fingerprint density at radius 1 is 1.47 bits per heavy atom. The maximum Gasteiger partial charge on any atom is 0.219 e. The van der Waals surface area contributed by atoms with Gasteiger partial charge in [0, 0.05) is 7.05 Å². The van der Waals surface area contributed by atoms with Crippen LogP contribution in [-0.4, -0.2) is 26.1 Å². The third-order valence-electron chi connectivity index (χ3n) is 3.11. The maximum absolute atomic E-state index is 12.2. The highest BCUT2D eigenvalue weighted by Crippen LogP contribution is 2.28. The Balaban J connectivity index is 2.23. The van der Waals surface area contributed by atoms with E-state index in [1.54, 1.807) is 11.6 Å². The van der Waals surface area contributed by atoms with Crippen LogP contribution in [-0.2, 0) is 7.05 Å². The molecule has 0 aliphatic heterocycles. The maximum atomic E-state index is 12.2. The van der Waals surface area contributed by atoms with Crippen LogP contribution in [0, 0.1) is 0 Å². The van der Waals surface area contributed by atoms with Gasteiger partial charge in [0.25, 0.3) is 0 Å². The van der Waals surface area contributed by atoms with Gasteiger partial charge in [0.2, 0.25) is 11.6 Å². The molecule has 0 unspecified atom stereocenters. The minimum absolute atomic E-state index is 0.0674. The predicted molar refractivity (Wildman–Crippen MR) is 55.3 cm³/mol. The average molecular weight is 208 g/mol. The summed E-state index contributed by atoms with van der Waals surface area (Å²) in [5.41, 5.74) is 5.42. The Bertz CT molecular complexity index is 365. The van der Waals surface area contributed by atoms with E-state index >= 15 is 0 Å². The van der Waals surface area contributed by atoms with E-state index < -0.39 is 5.54 Å². The number of Topliss-reactive ketones (excluding diaryl/α,β-unsaturated/α-hetero) is 1. The van der Waals surface area contributed by atoms with Crippen molar-refractivity contribution in [3.8, 4) is 0 Å². The molecule has 5 heteroatoms. The Morgan fingerprint density at radius 3 is 2.67 bits per heavy atom. The van der Waals surface area contributed by atoms with Crippen molar-refractivity contribution in [2.75, 3.05) is 0 Å². The quantitative estimate of drug-likeness (QED) is 0.724. The van der Waals surface area contributed by atoms with E-state index in [0.717, 1.165) is 25.7 Å². The first kappa shape index (κ1) is 10.3. The molecule has 15 heavy (non-hydrogen) atoms. The summed E-state index contributed by atoms with van der Waals surface area (Å²) in [5, 5.41) is 7.52. The largest absolute Gasteiger partial charge is 0.319 e. The molecule has 5 nitrogen and oxygen atoms in total. The van der Waals surface area contributed by atoms with Crippen LogP contribution < -0.4 is 5.73 Å². The number of nitrogens with two attached hydrogens (primary N) is 1. The predicted octanol–water partition coefficient (Wildman–Crippen LogP) is 0.659. The summed E-state index contributed by atoms with van der Waals surface area (Å²) in [6.07, 6.45) is 6.28. The summed E-state index contributed by atoms with van der Waals surface area (Å²) in [4.78, 5) is 12.2. The number of aryl methyl sites for hydroxylation is 1. The highest BCUT2D eigenvalue weighted by molar-refractivity contribution is 6.00. The summed E-state index contributed by atoms with van der Waals surface area (Å²) in [6.45, 7) is 0. The van der Waals surface area contributed by atoms with Crippen LogP contribution in [0.4, 0.5) is 0 Å². The van der Waals surface area contributed by atoms with Crippen molar-refractivity contribution >= 4 is 5.78 Å². The normalized spacial score (nSPS) is 20.1. The molecule has 0 amide bonds. The number of carbonyl (C=O) groups excluding carboxylic acids is 1. The van der Waals surface area contributed by atoms with Crippen molar-refractivity contribution in [3.05, 3.63) is 12.2 Å². The van der Waals surface area contributed by atoms with E-state index in [2.05, 4.69) is 10.2 Å². The van der Waals surface area contributed by atoms with Gasteiger partial charge >= 0.3 is 0 Å². The van der Waals surface area contributed by atoms with Crippen LogP contribution >= 0.6 is 0 Å². The van der Waals surface area contributed by atoms with Crippen LogP contribution in [0.3, 0.4) is 0 Å². The number of hydrogen-bond donors (Lipinski definition) is 1. The van der Waals surface area contributed by atoms with Gasteiger partial charge in [-0.05, 0) is 12.8 Å². The molecule has 0 spiro atoms. The molecule has 0 radical (unpaired) electrons. The zero-order chi connectivity index (χ0) is 10.9. The van der Waals surface area contributed by atoms with Crippen molar-refractivity contribution in [3.63, 3.8) is 0 Å². The molecule has 0 atom stereocenters. The van der Waals surface area contributed by atoms with Crippen LogP contribution in [0.25, 0.3) is 0 Å². The first-order chi connectivity index (χ1) is 7.13. The SMILES string of the molecule is Cn1cnnc1C(=O)C1(N)CCCCC1. The molecule has 1 fully saturated rings. The highest BCUT2D eigenvalue weighted by Gasteiger charge is 2.37. The lowest BCUT2D eigenvalue weighted by Gasteiger charge is -2.31. The van der Waals surface area contributed by atoms with E-state index in [4.69, 9.17) is 5.73 Å². The van der Waals surface area contributed by atoms with Gasteiger partial charge < -0.3 is 10.3 Å². The van der Waals surface area contributed by atoms with Crippen LogP contribution in [0.5, 0.6) is 0 Å². The molecule has 0 bridgehead atoms. The summed E-state index contributed by atoms with van der Waals surface area (Å²) in [6, 6.07) is 0. The molecule has 1 aromatic rings. The monoisotopic (exact) mass is 208 g/mol. The van der Waals surface area contributed by atoms with Gasteiger partial charge in [0.15, 0.2) is 0 Å². The van der Waals surface area contributed by atoms with Crippen molar-refractivity contribution in [2.24, 2.45) is 12.8 Å². The van der Waals surface area contributed by atoms with Crippen molar-refractivity contribution < 1.29 is 4.79 Å². The van der Waals surface area contributed by atoms with Crippen molar-refractivity contribution in [2.45, 2.75) is 37.6 Å². The lowest BCUT2D eigenvalue weighted by atomic mass is 9.79. The highest BCUT2D eigenvalue weighted by atomic mass is 16.1. The molecule has 0 saturated heterocycles. The Hall–Kier alpha value is -1.23. The summed E-state index contributed by atoms with van der Waals surface area (Å²) >= 11 is 0. The zero-order valence-corrected chi connectivity index (χ0v) is 8.94. The van der Waals surface area contributed by atoms with Gasteiger partial charge in [-0.2, -0.15) is 0 Å². The van der Waals surface area contributed by atoms with Crippen molar-refractivity contribution in [1.82, 2.24) is 14.8 Å². The van der Waals surface area contributed by atoms with E-state index in [9.17, 15) is 4.79 Å². The molecule has 1 aromatic heterocycles. The van der Waals surface area contributed by atoms with Crippen LogP contribution in [0.2, 0.25) is 0 Å². The third kappa shape index (κ3) is 1.79. The topological polar surface area (TPSA) is 73.8 Å². The Kier molecular flexibility index (Phi) is 2.56. The van der Waals surface area contributed by atoms with E-state index in [-0.39, 0.29) is 5.78 Å². The zero-order valence-electron chi connectivity index (χ0n) is 8.94. The molecule has 1 saturated carbocycles. The molecule has 2 N–H and O–H groups in total. The lowest BCUT2D eigenvalue weighted by Crippen LogP contribution is -2.50. The first-order valence-electron chi connectivity index (χ1n) is 5.31. The third-order valence-corrected chi connectivity index (χ3v) is 3.11. The number of ketones is 1. The fourth-order valence-corrected chi connectivity index (χ4v) is 2.12. The molecule has 0 aromatic carbocycles. The molecule has 1 aliphatic rings. The Labute approximate surface area is 88.7 Å². The summed E-state index contributed by atoms with van der Waals surface area (Å²) < 4.78 is 1.63. The van der Waals surface area contributed by atoms with E-state index in [1.807, 2.05) is 0 Å². The molecular formula is C10H16N4O. The number of carbonyl (C=O) groups is 1. The van der Waals surface area contributed by atoms with Gasteiger partial charge in [0.1, 0.15) is 6.33 Å². The standard InChI is InChI=1S/C10H16N4O/c1-14-7-12-13-9(14)8(15)10(11)5-3-2-4-6-10/h7H,2-6,11H2,1H3.